The molecule has 166 valence electrons. The Balaban J connectivity index is 2.26. The van der Waals surface area contributed by atoms with Crippen molar-refractivity contribution in [3.63, 3.8) is 0 Å². The Kier molecular flexibility index (Phi) is 7.45. The van der Waals surface area contributed by atoms with E-state index in [1.807, 2.05) is 0 Å². The van der Waals surface area contributed by atoms with E-state index in [0.717, 1.165) is 31.4 Å². The van der Waals surface area contributed by atoms with Gasteiger partial charge in [0.1, 0.15) is 11.5 Å². The molecule has 0 bridgehead atoms. The van der Waals surface area contributed by atoms with E-state index in [1.54, 1.807) is 0 Å². The number of nitrogens with zero attached hydrogens (tertiary/aromatic N) is 1. The molecule has 2 aromatic rings. The van der Waals surface area contributed by atoms with E-state index in [9.17, 15) is 32.9 Å². The minimum absolute atomic E-state index is 0.0175. The van der Waals surface area contributed by atoms with E-state index in [2.05, 4.69) is 4.74 Å². The molecule has 2 aromatic carbocycles. The molecule has 0 heterocycles. The van der Waals surface area contributed by atoms with Crippen LogP contribution in [0.15, 0.2) is 36.4 Å². The van der Waals surface area contributed by atoms with Gasteiger partial charge in [-0.05, 0) is 37.3 Å². The summed E-state index contributed by atoms with van der Waals surface area (Å²) < 4.78 is 52.9. The van der Waals surface area contributed by atoms with Crippen molar-refractivity contribution in [2.45, 2.75) is 25.6 Å². The van der Waals surface area contributed by atoms with Gasteiger partial charge in [-0.25, -0.2) is 4.79 Å². The van der Waals surface area contributed by atoms with Crippen molar-refractivity contribution in [2.75, 3.05) is 7.11 Å². The zero-order chi connectivity index (χ0) is 23.3. The second-order valence-corrected chi connectivity index (χ2v) is 6.53. The van der Waals surface area contributed by atoms with Crippen molar-refractivity contribution >= 4 is 29.2 Å². The molecule has 0 N–H and O–H groups in total. The SMILES string of the molecule is COC(=O)C(C)OC(=O)Cc1cc(Oc2ccc(C(F)(F)F)cc2Cl)ccc1[N+](=O)[O-]. The van der Waals surface area contributed by atoms with Crippen molar-refractivity contribution in [1.82, 2.24) is 0 Å². The predicted molar refractivity (Wildman–Crippen MR) is 101 cm³/mol. The van der Waals surface area contributed by atoms with Crippen molar-refractivity contribution in [3.8, 4) is 11.5 Å². The van der Waals surface area contributed by atoms with Gasteiger partial charge in [0.25, 0.3) is 5.69 Å². The first-order chi connectivity index (χ1) is 14.4. The van der Waals surface area contributed by atoms with Crippen LogP contribution < -0.4 is 4.74 Å². The Hall–Kier alpha value is -3.34. The lowest BCUT2D eigenvalue weighted by atomic mass is 10.1. The van der Waals surface area contributed by atoms with Gasteiger partial charge < -0.3 is 14.2 Å². The van der Waals surface area contributed by atoms with E-state index < -0.39 is 46.8 Å². The van der Waals surface area contributed by atoms with Crippen molar-refractivity contribution in [3.05, 3.63) is 62.7 Å². The number of hydrogen-bond acceptors (Lipinski definition) is 7. The Morgan fingerprint density at radius 1 is 1.19 bits per heavy atom. The maximum absolute atomic E-state index is 12.7. The normalized spacial score (nSPS) is 12.1. The molecule has 0 aromatic heterocycles. The first-order valence-corrected chi connectivity index (χ1v) is 8.89. The molecule has 1 atom stereocenters. The zero-order valence-electron chi connectivity index (χ0n) is 16.1. The summed E-state index contributed by atoms with van der Waals surface area (Å²) in [4.78, 5) is 33.9. The Morgan fingerprint density at radius 2 is 1.87 bits per heavy atom. The molecular formula is C19H15ClF3NO7. The lowest BCUT2D eigenvalue weighted by Gasteiger charge is -2.13. The van der Waals surface area contributed by atoms with E-state index in [-0.39, 0.29) is 22.1 Å². The van der Waals surface area contributed by atoms with Gasteiger partial charge in [-0.1, -0.05) is 11.6 Å². The average molecular weight is 462 g/mol. The topological polar surface area (TPSA) is 105 Å². The van der Waals surface area contributed by atoms with Gasteiger partial charge >= 0.3 is 18.1 Å². The second kappa shape index (κ2) is 9.65. The molecule has 31 heavy (non-hydrogen) atoms. The van der Waals surface area contributed by atoms with E-state index >= 15 is 0 Å². The molecule has 12 heteroatoms. The summed E-state index contributed by atoms with van der Waals surface area (Å²) in [5.74, 6) is -1.89. The molecule has 1 unspecified atom stereocenters. The van der Waals surface area contributed by atoms with Crippen LogP contribution in [0.4, 0.5) is 18.9 Å². The highest BCUT2D eigenvalue weighted by Gasteiger charge is 2.31. The third kappa shape index (κ3) is 6.32. The number of carbonyl (C=O) groups is 2. The fourth-order valence-electron chi connectivity index (χ4n) is 2.44. The first-order valence-electron chi connectivity index (χ1n) is 8.51. The predicted octanol–water partition coefficient (Wildman–Crippen LogP) is 4.71. The van der Waals surface area contributed by atoms with Crippen molar-refractivity contribution in [2.24, 2.45) is 0 Å². The number of nitro benzene ring substituents is 1. The van der Waals surface area contributed by atoms with Gasteiger partial charge in [0.2, 0.25) is 0 Å². The number of benzene rings is 2. The number of nitro groups is 1. The lowest BCUT2D eigenvalue weighted by Crippen LogP contribution is -2.26. The van der Waals surface area contributed by atoms with Crippen LogP contribution in [0.3, 0.4) is 0 Å². The molecule has 0 saturated heterocycles. The molecular weight excluding hydrogens is 447 g/mol. The Morgan fingerprint density at radius 3 is 2.42 bits per heavy atom. The lowest BCUT2D eigenvalue weighted by molar-refractivity contribution is -0.385. The van der Waals surface area contributed by atoms with E-state index in [4.69, 9.17) is 21.1 Å². The molecule has 0 spiro atoms. The maximum Gasteiger partial charge on any atom is 0.416 e. The highest BCUT2D eigenvalue weighted by molar-refractivity contribution is 6.32. The summed E-state index contributed by atoms with van der Waals surface area (Å²) in [6.45, 7) is 1.27. The Labute approximate surface area is 178 Å². The number of hydrogen-bond donors (Lipinski definition) is 0. The highest BCUT2D eigenvalue weighted by Crippen LogP contribution is 2.37. The largest absolute Gasteiger partial charge is 0.466 e. The van der Waals surface area contributed by atoms with Gasteiger partial charge in [0.15, 0.2) is 6.10 Å². The van der Waals surface area contributed by atoms with E-state index in [1.165, 1.54) is 13.0 Å². The Bertz CT molecular complexity index is 1010. The molecule has 0 radical (unpaired) electrons. The van der Waals surface area contributed by atoms with Crippen molar-refractivity contribution < 1.29 is 41.9 Å². The van der Waals surface area contributed by atoms with Crippen molar-refractivity contribution in [1.29, 1.82) is 0 Å². The number of carbonyl (C=O) groups excluding carboxylic acids is 2. The van der Waals surface area contributed by atoms with Crippen LogP contribution in [-0.2, 0) is 31.7 Å². The maximum atomic E-state index is 12.7. The summed E-state index contributed by atoms with van der Waals surface area (Å²) in [7, 11) is 1.10. The summed E-state index contributed by atoms with van der Waals surface area (Å²) in [5.41, 5.74) is -1.50. The quantitative estimate of drug-likeness (QED) is 0.334. The van der Waals surface area contributed by atoms with Crippen LogP contribution in [0.2, 0.25) is 5.02 Å². The standard InChI is InChI=1S/C19H15ClF3NO7/c1-10(18(26)29-2)30-17(25)8-11-7-13(4-5-15(11)24(27)28)31-16-6-3-12(9-14(16)20)19(21,22)23/h3-7,9-10H,8H2,1-2H3. The van der Waals surface area contributed by atoms with E-state index in [0.29, 0.717) is 6.07 Å². The van der Waals surface area contributed by atoms with Gasteiger partial charge in [-0.3, -0.25) is 14.9 Å². The fourth-order valence-corrected chi connectivity index (χ4v) is 2.66. The van der Waals surface area contributed by atoms with Gasteiger partial charge in [-0.15, -0.1) is 0 Å². The molecule has 0 aliphatic carbocycles. The summed E-state index contributed by atoms with van der Waals surface area (Å²) in [6, 6.07) is 5.83. The van der Waals surface area contributed by atoms with Gasteiger partial charge in [0, 0.05) is 11.6 Å². The average Bonchev–Trinajstić information content (AvgIpc) is 2.67. The fraction of sp³-hybridized carbons (Fsp3) is 0.263. The number of halogens is 4. The third-order valence-electron chi connectivity index (χ3n) is 3.91. The molecule has 2 rings (SSSR count). The van der Waals surface area contributed by atoms with Gasteiger partial charge in [0.05, 0.1) is 29.0 Å². The third-order valence-corrected chi connectivity index (χ3v) is 4.21. The summed E-state index contributed by atoms with van der Waals surface area (Å²) >= 11 is 5.84. The highest BCUT2D eigenvalue weighted by atomic mass is 35.5. The minimum atomic E-state index is -4.59. The molecule has 8 nitrogen and oxygen atoms in total. The van der Waals surface area contributed by atoms with Gasteiger partial charge in [-0.2, -0.15) is 13.2 Å². The number of ether oxygens (including phenoxy) is 3. The number of alkyl halides is 3. The molecule has 0 amide bonds. The van der Waals surface area contributed by atoms with Crippen LogP contribution >= 0.6 is 11.6 Å². The monoisotopic (exact) mass is 461 g/mol. The number of rotatable bonds is 7. The molecule has 0 aliphatic rings. The zero-order valence-corrected chi connectivity index (χ0v) is 16.8. The van der Waals surface area contributed by atoms with Crippen LogP contribution in [0.1, 0.15) is 18.1 Å². The summed E-state index contributed by atoms with van der Waals surface area (Å²) in [5, 5.41) is 10.9. The second-order valence-electron chi connectivity index (χ2n) is 6.12. The van der Waals surface area contributed by atoms with Crippen LogP contribution in [0, 0.1) is 10.1 Å². The smallest absolute Gasteiger partial charge is 0.416 e. The molecule has 0 aliphatic heterocycles. The van der Waals surface area contributed by atoms with Crippen LogP contribution in [0.5, 0.6) is 11.5 Å². The molecule has 0 saturated carbocycles. The van der Waals surface area contributed by atoms with Crippen LogP contribution in [-0.4, -0.2) is 30.1 Å². The number of esters is 2. The first kappa shape index (κ1) is 23.9. The molecule has 0 fully saturated rings. The minimum Gasteiger partial charge on any atom is -0.466 e. The summed E-state index contributed by atoms with van der Waals surface area (Å²) in [6.07, 6.45) is -6.39. The van der Waals surface area contributed by atoms with Crippen LogP contribution in [0.25, 0.3) is 0 Å². The number of methoxy groups -OCH3 is 1.